The molecule has 0 amide bonds. The first-order valence-corrected chi connectivity index (χ1v) is 8.49. The molecule has 0 saturated heterocycles. The van der Waals surface area contributed by atoms with Crippen molar-refractivity contribution < 1.29 is 0 Å². The van der Waals surface area contributed by atoms with Gasteiger partial charge in [-0.05, 0) is 46.2 Å². The van der Waals surface area contributed by atoms with Gasteiger partial charge in [-0.25, -0.2) is 0 Å². The summed E-state index contributed by atoms with van der Waals surface area (Å²) in [5.74, 6) is 0. The van der Waals surface area contributed by atoms with Crippen LogP contribution in [0.5, 0.6) is 0 Å². The van der Waals surface area contributed by atoms with Crippen molar-refractivity contribution in [2.45, 2.75) is 12.8 Å². The molecule has 0 aliphatic heterocycles. The van der Waals surface area contributed by atoms with Crippen LogP contribution in [-0.2, 0) is 6.42 Å². The van der Waals surface area contributed by atoms with Crippen molar-refractivity contribution in [3.63, 3.8) is 0 Å². The molecule has 24 heavy (non-hydrogen) atoms. The van der Waals surface area contributed by atoms with E-state index in [1.54, 1.807) is 0 Å². The zero-order chi connectivity index (χ0) is 16.2. The van der Waals surface area contributed by atoms with Crippen molar-refractivity contribution in [3.05, 3.63) is 119 Å². The van der Waals surface area contributed by atoms with Gasteiger partial charge in [-0.15, -0.1) is 0 Å². The first kappa shape index (κ1) is 14.7. The summed E-state index contributed by atoms with van der Waals surface area (Å²) in [5.41, 5.74) is 8.51. The molecule has 116 valence electrons. The van der Waals surface area contributed by atoms with E-state index >= 15 is 0 Å². The van der Waals surface area contributed by atoms with Crippen molar-refractivity contribution in [3.8, 4) is 11.1 Å². The summed E-state index contributed by atoms with van der Waals surface area (Å²) < 4.78 is 0. The Morgan fingerprint density at radius 2 is 1.33 bits per heavy atom. The second kappa shape index (κ2) is 6.72. The third-order valence-corrected chi connectivity index (χ3v) is 4.62. The second-order valence-corrected chi connectivity index (χ2v) is 6.18. The first-order chi connectivity index (χ1) is 11.9. The lowest BCUT2D eigenvalue weighted by Gasteiger charge is -2.07. The van der Waals surface area contributed by atoms with Crippen LogP contribution in [0.4, 0.5) is 0 Å². The Morgan fingerprint density at radius 1 is 0.625 bits per heavy atom. The molecule has 3 aliphatic rings. The van der Waals surface area contributed by atoms with Gasteiger partial charge >= 0.3 is 0 Å². The van der Waals surface area contributed by atoms with E-state index in [-0.39, 0.29) is 0 Å². The third-order valence-electron chi connectivity index (χ3n) is 4.62. The highest BCUT2D eigenvalue weighted by Crippen LogP contribution is 2.35. The molecule has 2 aromatic carbocycles. The monoisotopic (exact) mass is 308 g/mol. The topological polar surface area (TPSA) is 0 Å². The van der Waals surface area contributed by atoms with E-state index in [0.717, 1.165) is 12.8 Å². The molecule has 0 radical (unpaired) electrons. The summed E-state index contributed by atoms with van der Waals surface area (Å²) in [6, 6.07) is 17.3. The summed E-state index contributed by atoms with van der Waals surface area (Å²) in [5, 5.41) is 0. The highest BCUT2D eigenvalue weighted by atomic mass is 14.2. The fourth-order valence-corrected chi connectivity index (χ4v) is 3.39. The molecule has 0 N–H and O–H groups in total. The summed E-state index contributed by atoms with van der Waals surface area (Å²) in [7, 11) is 0. The van der Waals surface area contributed by atoms with Gasteiger partial charge in [0, 0.05) is 0 Å². The molecule has 3 aliphatic carbocycles. The number of rotatable bonds is 0. The Hall–Kier alpha value is -2.86. The number of hydrogen-bond acceptors (Lipinski definition) is 0. The van der Waals surface area contributed by atoms with Crippen LogP contribution in [-0.4, -0.2) is 0 Å². The summed E-state index contributed by atoms with van der Waals surface area (Å²) >= 11 is 0. The maximum absolute atomic E-state index is 2.22. The number of hydrogen-bond donors (Lipinski definition) is 0. The fraction of sp³-hybridized carbons (Fsp3) is 0.0833. The Bertz CT molecular complexity index is 858. The third kappa shape index (κ3) is 2.96. The van der Waals surface area contributed by atoms with Crippen LogP contribution in [0.1, 0.15) is 17.5 Å². The molecule has 0 aromatic heterocycles. The Balaban J connectivity index is 0.000000123. The molecule has 0 atom stereocenters. The largest absolute Gasteiger partial charge is 0.0801 e. The van der Waals surface area contributed by atoms with Crippen molar-refractivity contribution in [2.75, 3.05) is 0 Å². The quantitative estimate of drug-likeness (QED) is 0.465. The van der Waals surface area contributed by atoms with E-state index in [4.69, 9.17) is 0 Å². The summed E-state index contributed by atoms with van der Waals surface area (Å²) in [6.07, 6.45) is 19.2. The van der Waals surface area contributed by atoms with Crippen molar-refractivity contribution >= 4 is 0 Å². The number of fused-ring (bicyclic) bond motifs is 4. The van der Waals surface area contributed by atoms with Gasteiger partial charge in [-0.2, -0.15) is 0 Å². The van der Waals surface area contributed by atoms with Crippen LogP contribution >= 0.6 is 0 Å². The van der Waals surface area contributed by atoms with Gasteiger partial charge in [0.05, 0.1) is 0 Å². The minimum Gasteiger partial charge on any atom is -0.0801 e. The van der Waals surface area contributed by atoms with Crippen molar-refractivity contribution in [1.82, 2.24) is 0 Å². The molecule has 0 saturated carbocycles. The zero-order valence-corrected chi connectivity index (χ0v) is 13.7. The summed E-state index contributed by atoms with van der Waals surface area (Å²) in [6.45, 7) is 0. The lowest BCUT2D eigenvalue weighted by atomic mass is 9.98. The predicted molar refractivity (Wildman–Crippen MR) is 103 cm³/mol. The lowest BCUT2D eigenvalue weighted by Crippen LogP contribution is -1.87. The standard InChI is InChI=1S/C13H10.C11H10/c1-3-7-12-10(5-1)9-11-6-2-4-8-13(11)12;1-2-6-10-8-4-5-9-11(10)7-3-1/h1-8H,9H2;1-8H,9H2. The van der Waals surface area contributed by atoms with Gasteiger partial charge in [0.15, 0.2) is 0 Å². The van der Waals surface area contributed by atoms with E-state index in [1.165, 1.54) is 33.4 Å². The predicted octanol–water partition coefficient (Wildman–Crippen LogP) is 6.18. The highest BCUT2D eigenvalue weighted by molar-refractivity contribution is 5.76. The van der Waals surface area contributed by atoms with Gasteiger partial charge in [0.25, 0.3) is 0 Å². The average molecular weight is 308 g/mol. The van der Waals surface area contributed by atoms with Crippen LogP contribution in [0.2, 0.25) is 0 Å². The molecule has 0 heteroatoms. The fourth-order valence-electron chi connectivity index (χ4n) is 3.39. The van der Waals surface area contributed by atoms with E-state index in [0.29, 0.717) is 0 Å². The Labute approximate surface area is 143 Å². The van der Waals surface area contributed by atoms with E-state index in [1.807, 2.05) is 0 Å². The minimum absolute atomic E-state index is 1.07. The zero-order valence-electron chi connectivity index (χ0n) is 13.7. The van der Waals surface area contributed by atoms with E-state index in [2.05, 4.69) is 97.1 Å². The number of allylic oxidation sites excluding steroid dienone is 10. The van der Waals surface area contributed by atoms with Crippen molar-refractivity contribution in [1.29, 1.82) is 0 Å². The highest BCUT2D eigenvalue weighted by Gasteiger charge is 2.15. The van der Waals surface area contributed by atoms with Crippen LogP contribution in [0.3, 0.4) is 0 Å². The van der Waals surface area contributed by atoms with Gasteiger partial charge in [0.2, 0.25) is 0 Å². The molecule has 0 fully saturated rings. The normalized spacial score (nSPS) is 16.0. The molecular formula is C24H20. The van der Waals surface area contributed by atoms with E-state index < -0.39 is 0 Å². The average Bonchev–Trinajstić information content (AvgIpc) is 2.84. The van der Waals surface area contributed by atoms with Crippen LogP contribution in [0, 0.1) is 0 Å². The summed E-state index contributed by atoms with van der Waals surface area (Å²) in [4.78, 5) is 0. The smallest absolute Gasteiger partial charge is 0.00135 e. The second-order valence-electron chi connectivity index (χ2n) is 6.18. The molecule has 2 aromatic rings. The number of benzene rings is 2. The van der Waals surface area contributed by atoms with Crippen LogP contribution in [0.25, 0.3) is 11.1 Å². The molecule has 0 unspecified atom stereocenters. The molecule has 5 rings (SSSR count). The van der Waals surface area contributed by atoms with Crippen LogP contribution < -0.4 is 0 Å². The lowest BCUT2D eigenvalue weighted by molar-refractivity contribution is 1.22. The molecule has 0 nitrogen and oxygen atoms in total. The maximum Gasteiger partial charge on any atom is -0.00135 e. The Morgan fingerprint density at radius 3 is 2.08 bits per heavy atom. The van der Waals surface area contributed by atoms with E-state index in [9.17, 15) is 0 Å². The van der Waals surface area contributed by atoms with Gasteiger partial charge in [0.1, 0.15) is 0 Å². The van der Waals surface area contributed by atoms with Gasteiger partial charge in [-0.1, -0.05) is 97.1 Å². The molecule has 0 bridgehead atoms. The molecule has 0 spiro atoms. The van der Waals surface area contributed by atoms with Gasteiger partial charge < -0.3 is 0 Å². The van der Waals surface area contributed by atoms with Crippen LogP contribution in [0.15, 0.2) is 108 Å². The minimum atomic E-state index is 1.07. The SMILES string of the molecule is C1=CC=C2CC=CC=C2C=C1.c1ccc2c(c1)Cc1ccccc1-2. The molecule has 0 heterocycles. The Kier molecular flexibility index (Phi) is 4.12. The maximum atomic E-state index is 2.22. The van der Waals surface area contributed by atoms with Gasteiger partial charge in [-0.3, -0.25) is 0 Å². The first-order valence-electron chi connectivity index (χ1n) is 8.49. The van der Waals surface area contributed by atoms with Crippen molar-refractivity contribution in [2.24, 2.45) is 0 Å². The molecular weight excluding hydrogens is 288 g/mol.